The summed E-state index contributed by atoms with van der Waals surface area (Å²) in [5.41, 5.74) is 9.85. The van der Waals surface area contributed by atoms with Gasteiger partial charge >= 0.3 is 6.03 Å². The van der Waals surface area contributed by atoms with Crippen LogP contribution in [-0.2, 0) is 48.0 Å². The van der Waals surface area contributed by atoms with Crippen LogP contribution >= 0.6 is 58.4 Å². The second-order valence-corrected chi connectivity index (χ2v) is 25.4. The minimum atomic E-state index is -0.749. The molecule has 2 N–H and O–H groups in total. The minimum absolute atomic E-state index is 0.0952. The Morgan fingerprint density at radius 3 is 2.12 bits per heavy atom. The van der Waals surface area contributed by atoms with Crippen molar-refractivity contribution in [3.8, 4) is 22.5 Å². The van der Waals surface area contributed by atoms with Gasteiger partial charge in [-0.3, -0.25) is 24.4 Å². The van der Waals surface area contributed by atoms with E-state index >= 15 is 0 Å². The fraction of sp³-hybridized carbons (Fsp3) is 0.574. The summed E-state index contributed by atoms with van der Waals surface area (Å²) in [6, 6.07) is 20.9. The second kappa shape index (κ2) is 37.8. The summed E-state index contributed by atoms with van der Waals surface area (Å²) in [7, 11) is 3.36. The number of aryl methyl sites for hydroxylation is 1. The molecule has 7 rings (SSSR count). The van der Waals surface area contributed by atoms with Crippen LogP contribution in [0.2, 0.25) is 0 Å². The zero-order valence-electron chi connectivity index (χ0n) is 51.1. The number of benzene rings is 2. The molecule has 2 fully saturated rings. The highest BCUT2D eigenvalue weighted by Gasteiger charge is 2.38. The van der Waals surface area contributed by atoms with Gasteiger partial charge < -0.3 is 33.9 Å². The maximum absolute atomic E-state index is 14.8. The molecule has 2 saturated heterocycles. The average molecular weight is 1210 g/mol. The van der Waals surface area contributed by atoms with Crippen molar-refractivity contribution in [2.75, 3.05) is 97.4 Å². The first-order valence-corrected chi connectivity index (χ1v) is 34.8. The standard InChI is InChI=1S/C49H70N8O7S2.C6H6.3C2H6S/c1-11-56-40-18-17-34(25-37(40)38(27-49(6,7)29-64-30-58)45(56)35-15-14-19-50-43(35)33(5)62-9)39-28-66-42(52-39)26-36(47(60)57-20-13-12-16-41(53-57)65-10)32(4)51-46(59)44(31(2)3)54(8)48(61)55-21-23-63-24-22-55;1-2-4-6-5-3-1;3*1-3-2/h14-15,17-19,25,28,30-33,36,41,44,53H,11-13,16,20-24,26-27,29H2,1-10H3,(H,51,59);1-6H;3*1-2H3. The lowest BCUT2D eigenvalue weighted by molar-refractivity contribution is -0.140. The lowest BCUT2D eigenvalue weighted by Gasteiger charge is -2.37. The van der Waals surface area contributed by atoms with Crippen LogP contribution in [0.3, 0.4) is 0 Å². The molecule has 5 atom stereocenters. The van der Waals surface area contributed by atoms with Crippen LogP contribution in [0.4, 0.5) is 4.79 Å². The number of carbonyl (C=O) groups is 4. The van der Waals surface area contributed by atoms with Crippen molar-refractivity contribution in [1.29, 1.82) is 0 Å². The number of hydrogen-bond donors (Lipinski definition) is 2. The van der Waals surface area contributed by atoms with Gasteiger partial charge in [-0.25, -0.2) is 15.2 Å². The molecule has 0 aliphatic carbocycles. The largest absolute Gasteiger partial charge is 0.467 e. The van der Waals surface area contributed by atoms with Crippen LogP contribution < -0.4 is 10.7 Å². The Hall–Kier alpha value is -4.28. The predicted molar refractivity (Wildman–Crippen MR) is 347 cm³/mol. The molecule has 5 heterocycles. The van der Waals surface area contributed by atoms with E-state index < -0.39 is 23.4 Å². The molecule has 2 aliphatic rings. The Kier molecular flexibility index (Phi) is 33.1. The van der Waals surface area contributed by atoms with Gasteiger partial charge in [0.05, 0.1) is 59.3 Å². The third-order valence-electron chi connectivity index (χ3n) is 13.6. The van der Waals surface area contributed by atoms with Crippen LogP contribution in [0, 0.1) is 17.3 Å². The van der Waals surface area contributed by atoms with Crippen LogP contribution in [0.25, 0.3) is 33.4 Å². The molecule has 15 nitrogen and oxygen atoms in total. The van der Waals surface area contributed by atoms with E-state index in [9.17, 15) is 19.2 Å². The number of carbonyl (C=O) groups excluding carboxylic acids is 4. The summed E-state index contributed by atoms with van der Waals surface area (Å²) in [5, 5.41) is 8.91. The molecule has 0 radical (unpaired) electrons. The Bertz CT molecular complexity index is 2580. The molecule has 0 saturated carbocycles. The van der Waals surface area contributed by atoms with Gasteiger partial charge in [0.25, 0.3) is 6.47 Å². The average Bonchev–Trinajstić information content (AvgIpc) is 4.12. The number of nitrogens with one attached hydrogen (secondary N) is 2. The van der Waals surface area contributed by atoms with Crippen molar-refractivity contribution in [3.63, 3.8) is 0 Å². The number of pyridine rings is 1. The van der Waals surface area contributed by atoms with Crippen molar-refractivity contribution in [3.05, 3.63) is 94.6 Å². The van der Waals surface area contributed by atoms with Gasteiger partial charge in [-0.2, -0.15) is 35.3 Å². The molecular formula is C61H94N8O7S5. The number of hydrazine groups is 1. The molecule has 5 aromatic rings. The van der Waals surface area contributed by atoms with E-state index in [0.29, 0.717) is 58.7 Å². The molecule has 4 amide bonds. The molecule has 450 valence electrons. The monoisotopic (exact) mass is 1210 g/mol. The number of fused-ring (bicyclic) bond motifs is 1. The highest BCUT2D eigenvalue weighted by molar-refractivity contribution is 7.99. The van der Waals surface area contributed by atoms with Gasteiger partial charge in [0.2, 0.25) is 11.8 Å². The number of hydrogen-bond acceptors (Lipinski definition) is 15. The lowest BCUT2D eigenvalue weighted by atomic mass is 9.84. The first-order chi connectivity index (χ1) is 38.9. The highest BCUT2D eigenvalue weighted by atomic mass is 32.2. The van der Waals surface area contributed by atoms with Crippen LogP contribution in [-0.4, -0.2) is 169 Å². The zero-order chi connectivity index (χ0) is 60.1. The van der Waals surface area contributed by atoms with E-state index in [4.69, 9.17) is 24.2 Å². The van der Waals surface area contributed by atoms with Gasteiger partial charge in [-0.1, -0.05) is 70.2 Å². The molecule has 0 spiro atoms. The predicted octanol–water partition coefficient (Wildman–Crippen LogP) is 12.2. The number of rotatable bonds is 19. The third kappa shape index (κ3) is 21.7. The van der Waals surface area contributed by atoms with Crippen LogP contribution in [0.15, 0.2) is 78.3 Å². The van der Waals surface area contributed by atoms with Gasteiger partial charge in [0, 0.05) is 91.8 Å². The quantitative estimate of drug-likeness (QED) is 0.0752. The number of methoxy groups -OCH3 is 1. The number of morpholine rings is 1. The molecular weight excluding hydrogens is 1120 g/mol. The van der Waals surface area contributed by atoms with E-state index in [1.165, 1.54) is 16.2 Å². The summed E-state index contributed by atoms with van der Waals surface area (Å²) in [6.45, 7) is 18.0. The third-order valence-corrected chi connectivity index (χ3v) is 15.3. The Morgan fingerprint density at radius 2 is 1.56 bits per heavy atom. The minimum Gasteiger partial charge on any atom is -0.467 e. The molecule has 2 aromatic carbocycles. The summed E-state index contributed by atoms with van der Waals surface area (Å²) in [4.78, 5) is 67.2. The number of amides is 4. The first kappa shape index (κ1) is 71.0. The fourth-order valence-corrected chi connectivity index (χ4v) is 11.2. The number of aromatic nitrogens is 3. The van der Waals surface area contributed by atoms with E-state index in [1.54, 1.807) is 77.3 Å². The molecule has 0 bridgehead atoms. The summed E-state index contributed by atoms with van der Waals surface area (Å²) >= 11 is 8.44. The number of nitrogens with zero attached hydrogens (tertiary/aromatic N) is 6. The molecule has 2 aliphatic heterocycles. The lowest BCUT2D eigenvalue weighted by Crippen LogP contribution is -2.58. The van der Waals surface area contributed by atoms with Gasteiger partial charge in [-0.05, 0) is 126 Å². The Balaban J connectivity index is 0.00000101. The second-order valence-electron chi connectivity index (χ2n) is 21.0. The summed E-state index contributed by atoms with van der Waals surface area (Å²) in [5.74, 6) is -1.24. The number of likely N-dealkylation sites (N-methyl/N-ethyl adjacent to an activating group) is 1. The SMILES string of the molecule is CCn1c(-c2cccnc2C(C)OC)c(CC(C)(C)COC=O)c2cc(-c3csc(CC(C(=O)N4CCCCC(SC)N4)C(C)NC(=O)C(C(C)C)N(C)C(=O)N4CCOCC4)n3)ccc21.CSC.CSC.CSC.c1ccccc1. The van der Waals surface area contributed by atoms with Gasteiger partial charge in [0.1, 0.15) is 6.04 Å². The Labute approximate surface area is 506 Å². The highest BCUT2D eigenvalue weighted by Crippen LogP contribution is 2.42. The first-order valence-electron chi connectivity index (χ1n) is 27.7. The van der Waals surface area contributed by atoms with Crippen molar-refractivity contribution < 1.29 is 33.4 Å². The van der Waals surface area contributed by atoms with Crippen LogP contribution in [0.5, 0.6) is 0 Å². The maximum atomic E-state index is 14.8. The van der Waals surface area contributed by atoms with E-state index in [1.807, 2.05) is 119 Å². The smallest absolute Gasteiger partial charge is 0.320 e. The molecule has 20 heteroatoms. The summed E-state index contributed by atoms with van der Waals surface area (Å²) < 4.78 is 18.9. The van der Waals surface area contributed by atoms with Crippen molar-refractivity contribution in [1.82, 2.24) is 40.1 Å². The number of thiazole rings is 1. The Morgan fingerprint density at radius 1 is 0.926 bits per heavy atom. The number of thioether (sulfide) groups is 4. The fourth-order valence-electron chi connectivity index (χ4n) is 9.71. The molecule has 5 unspecified atom stereocenters. The van der Waals surface area contributed by atoms with Gasteiger partial charge in [0.15, 0.2) is 0 Å². The van der Waals surface area contributed by atoms with Crippen molar-refractivity contribution in [2.45, 2.75) is 111 Å². The molecule has 81 heavy (non-hydrogen) atoms. The zero-order valence-corrected chi connectivity index (χ0v) is 55.2. The topological polar surface area (TPSA) is 160 Å². The van der Waals surface area contributed by atoms with E-state index in [2.05, 4.69) is 60.3 Å². The number of ether oxygens (including phenoxy) is 3. The van der Waals surface area contributed by atoms with Crippen LogP contribution in [0.1, 0.15) is 90.1 Å². The van der Waals surface area contributed by atoms with Crippen molar-refractivity contribution in [2.24, 2.45) is 17.3 Å². The normalized spacial score (nSPS) is 15.8. The van der Waals surface area contributed by atoms with E-state index in [-0.39, 0.29) is 41.8 Å². The maximum Gasteiger partial charge on any atom is 0.320 e. The summed E-state index contributed by atoms with van der Waals surface area (Å²) in [6.07, 6.45) is 19.6. The molecule has 3 aromatic heterocycles. The number of urea groups is 1. The van der Waals surface area contributed by atoms with Gasteiger partial charge in [-0.15, -0.1) is 23.1 Å². The van der Waals surface area contributed by atoms with Crippen molar-refractivity contribution >= 4 is 93.6 Å². The van der Waals surface area contributed by atoms with E-state index in [0.717, 1.165) is 68.9 Å².